The van der Waals surface area contributed by atoms with Crippen molar-refractivity contribution in [3.63, 3.8) is 0 Å². The number of benzene rings is 2. The highest BCUT2D eigenvalue weighted by Crippen LogP contribution is 2.27. The van der Waals surface area contributed by atoms with Gasteiger partial charge in [0.05, 0.1) is 19.3 Å². The third-order valence-electron chi connectivity index (χ3n) is 4.63. The summed E-state index contributed by atoms with van der Waals surface area (Å²) >= 11 is 6.41. The van der Waals surface area contributed by atoms with Crippen molar-refractivity contribution in [2.75, 3.05) is 39.5 Å². The van der Waals surface area contributed by atoms with Crippen molar-refractivity contribution in [3.8, 4) is 5.75 Å². The van der Waals surface area contributed by atoms with Crippen LogP contribution in [-0.4, -0.2) is 50.3 Å². The van der Waals surface area contributed by atoms with Crippen LogP contribution in [0.1, 0.15) is 17.2 Å². The van der Waals surface area contributed by atoms with Crippen LogP contribution in [0.2, 0.25) is 5.02 Å². The number of nitrogens with zero attached hydrogens (tertiary/aromatic N) is 1. The first kappa shape index (κ1) is 19.7. The molecule has 1 fully saturated rings. The highest BCUT2D eigenvalue weighted by molar-refractivity contribution is 6.31. The molecule has 0 radical (unpaired) electrons. The monoisotopic (exact) mass is 388 g/mol. The van der Waals surface area contributed by atoms with Crippen molar-refractivity contribution in [2.45, 2.75) is 13.0 Å². The second-order valence-electron chi connectivity index (χ2n) is 6.59. The van der Waals surface area contributed by atoms with Crippen LogP contribution in [0.5, 0.6) is 5.75 Å². The zero-order chi connectivity index (χ0) is 19.1. The minimum absolute atomic E-state index is 0.00549. The number of ether oxygens (including phenoxy) is 2. The molecule has 3 rings (SSSR count). The summed E-state index contributed by atoms with van der Waals surface area (Å²) in [5.41, 5.74) is 2.17. The minimum atomic E-state index is -0.152. The molecule has 1 amide bonds. The van der Waals surface area contributed by atoms with E-state index in [4.69, 9.17) is 21.1 Å². The largest absolute Gasteiger partial charge is 0.484 e. The Balaban J connectivity index is 1.59. The third-order valence-corrected chi connectivity index (χ3v) is 4.98. The lowest BCUT2D eigenvalue weighted by Gasteiger charge is -2.35. The van der Waals surface area contributed by atoms with Gasteiger partial charge in [-0.2, -0.15) is 0 Å². The predicted molar refractivity (Wildman–Crippen MR) is 106 cm³/mol. The molecule has 0 aromatic heterocycles. The maximum absolute atomic E-state index is 12.3. The Bertz CT molecular complexity index is 745. The highest BCUT2D eigenvalue weighted by atomic mass is 35.5. The first-order valence-electron chi connectivity index (χ1n) is 9.16. The van der Waals surface area contributed by atoms with E-state index < -0.39 is 0 Å². The first-order valence-corrected chi connectivity index (χ1v) is 9.53. The fourth-order valence-corrected chi connectivity index (χ4v) is 3.38. The Morgan fingerprint density at radius 2 is 1.89 bits per heavy atom. The van der Waals surface area contributed by atoms with Crippen LogP contribution < -0.4 is 10.1 Å². The first-order chi connectivity index (χ1) is 13.1. The Labute approximate surface area is 165 Å². The van der Waals surface area contributed by atoms with E-state index in [9.17, 15) is 4.79 Å². The zero-order valence-corrected chi connectivity index (χ0v) is 16.2. The van der Waals surface area contributed by atoms with Gasteiger partial charge >= 0.3 is 0 Å². The van der Waals surface area contributed by atoms with Gasteiger partial charge in [0, 0.05) is 24.7 Å². The molecule has 0 spiro atoms. The number of hydrogen-bond donors (Lipinski definition) is 1. The molecule has 0 saturated carbocycles. The molecule has 1 saturated heterocycles. The van der Waals surface area contributed by atoms with Gasteiger partial charge in [-0.3, -0.25) is 9.69 Å². The molecule has 5 nitrogen and oxygen atoms in total. The molecular formula is C21H25ClN2O3. The summed E-state index contributed by atoms with van der Waals surface area (Å²) in [6, 6.07) is 15.4. The van der Waals surface area contributed by atoms with Crippen LogP contribution in [0.3, 0.4) is 0 Å². The smallest absolute Gasteiger partial charge is 0.258 e. The Morgan fingerprint density at radius 3 is 2.59 bits per heavy atom. The maximum atomic E-state index is 12.3. The summed E-state index contributed by atoms with van der Waals surface area (Å²) < 4.78 is 11.0. The summed E-state index contributed by atoms with van der Waals surface area (Å²) in [4.78, 5) is 14.6. The Morgan fingerprint density at radius 1 is 1.19 bits per heavy atom. The molecule has 1 heterocycles. The molecule has 2 aromatic rings. The molecular weight excluding hydrogens is 364 g/mol. The van der Waals surface area contributed by atoms with E-state index >= 15 is 0 Å². The molecule has 6 heteroatoms. The number of aryl methyl sites for hydroxylation is 1. The lowest BCUT2D eigenvalue weighted by molar-refractivity contribution is -0.123. The summed E-state index contributed by atoms with van der Waals surface area (Å²) in [7, 11) is 0. The highest BCUT2D eigenvalue weighted by Gasteiger charge is 2.24. The van der Waals surface area contributed by atoms with Gasteiger partial charge in [-0.25, -0.2) is 0 Å². The molecule has 1 N–H and O–H groups in total. The number of halogens is 1. The van der Waals surface area contributed by atoms with Crippen molar-refractivity contribution in [1.29, 1.82) is 0 Å². The molecule has 0 aliphatic carbocycles. The van der Waals surface area contributed by atoms with E-state index in [0.29, 0.717) is 30.5 Å². The lowest BCUT2D eigenvalue weighted by Crippen LogP contribution is -2.44. The number of morpholine rings is 1. The predicted octanol–water partition coefficient (Wildman–Crippen LogP) is 3.22. The lowest BCUT2D eigenvalue weighted by atomic mass is 10.0. The molecule has 0 unspecified atom stereocenters. The van der Waals surface area contributed by atoms with Crippen molar-refractivity contribution >= 4 is 17.5 Å². The molecule has 27 heavy (non-hydrogen) atoms. The second-order valence-corrected chi connectivity index (χ2v) is 7.00. The molecule has 144 valence electrons. The normalized spacial score (nSPS) is 15.9. The second kappa shape index (κ2) is 9.74. The van der Waals surface area contributed by atoms with Crippen LogP contribution in [0.25, 0.3) is 0 Å². The van der Waals surface area contributed by atoms with Crippen LogP contribution in [0.15, 0.2) is 48.5 Å². The van der Waals surface area contributed by atoms with E-state index in [1.54, 1.807) is 0 Å². The van der Waals surface area contributed by atoms with E-state index in [1.165, 1.54) is 0 Å². The van der Waals surface area contributed by atoms with Gasteiger partial charge < -0.3 is 14.8 Å². The maximum Gasteiger partial charge on any atom is 0.258 e. The number of nitrogens with one attached hydrogen (secondary N) is 1. The Kier molecular flexibility index (Phi) is 7.10. The summed E-state index contributed by atoms with van der Waals surface area (Å²) in [5.74, 6) is 0.535. The van der Waals surface area contributed by atoms with Gasteiger partial charge in [0.15, 0.2) is 6.61 Å². The quantitative estimate of drug-likeness (QED) is 0.791. The van der Waals surface area contributed by atoms with E-state index in [0.717, 1.165) is 24.2 Å². The van der Waals surface area contributed by atoms with Gasteiger partial charge in [0.25, 0.3) is 5.91 Å². The average molecular weight is 389 g/mol. The van der Waals surface area contributed by atoms with Crippen LogP contribution >= 0.6 is 11.6 Å². The molecule has 1 aliphatic heterocycles. The third kappa shape index (κ3) is 5.70. The van der Waals surface area contributed by atoms with Gasteiger partial charge in [0.2, 0.25) is 0 Å². The van der Waals surface area contributed by atoms with Crippen molar-refractivity contribution in [3.05, 3.63) is 64.7 Å². The number of rotatable bonds is 7. The zero-order valence-electron chi connectivity index (χ0n) is 15.5. The van der Waals surface area contributed by atoms with Gasteiger partial charge in [0.1, 0.15) is 5.75 Å². The number of amides is 1. The number of carbonyl (C=O) groups is 1. The Hall–Kier alpha value is -2.08. The van der Waals surface area contributed by atoms with Crippen LogP contribution in [0.4, 0.5) is 0 Å². The molecule has 2 aromatic carbocycles. The summed E-state index contributed by atoms with van der Waals surface area (Å²) in [5, 5.41) is 3.69. The standard InChI is InChI=1S/C21H25ClN2O3/c1-16-6-8-17(9-7-16)27-15-21(25)23-14-20(24-10-12-26-13-11-24)18-4-2-3-5-19(18)22/h2-9,20H,10-15H2,1H3,(H,23,25)/t20-/m1/s1. The molecule has 1 aliphatic rings. The van der Waals surface area contributed by atoms with E-state index in [2.05, 4.69) is 10.2 Å². The fourth-order valence-electron chi connectivity index (χ4n) is 3.12. The van der Waals surface area contributed by atoms with Crippen molar-refractivity contribution < 1.29 is 14.3 Å². The molecule has 0 bridgehead atoms. The molecule has 1 atom stereocenters. The van der Waals surface area contributed by atoms with E-state index in [1.807, 2.05) is 55.5 Å². The summed E-state index contributed by atoms with van der Waals surface area (Å²) in [6.07, 6.45) is 0. The van der Waals surface area contributed by atoms with E-state index in [-0.39, 0.29) is 18.6 Å². The van der Waals surface area contributed by atoms with Crippen LogP contribution in [-0.2, 0) is 9.53 Å². The van der Waals surface area contributed by atoms with Gasteiger partial charge in [-0.15, -0.1) is 0 Å². The van der Waals surface area contributed by atoms with Crippen molar-refractivity contribution in [1.82, 2.24) is 10.2 Å². The average Bonchev–Trinajstić information content (AvgIpc) is 2.70. The van der Waals surface area contributed by atoms with Crippen molar-refractivity contribution in [2.24, 2.45) is 0 Å². The van der Waals surface area contributed by atoms with Gasteiger partial charge in [-0.1, -0.05) is 47.5 Å². The fraction of sp³-hybridized carbons (Fsp3) is 0.381. The number of hydrogen-bond acceptors (Lipinski definition) is 4. The number of carbonyl (C=O) groups excluding carboxylic acids is 1. The van der Waals surface area contributed by atoms with Gasteiger partial charge in [-0.05, 0) is 30.7 Å². The summed E-state index contributed by atoms with van der Waals surface area (Å²) in [6.45, 7) is 5.46. The SMILES string of the molecule is Cc1ccc(OCC(=O)NC[C@H](c2ccccc2Cl)N2CCOCC2)cc1. The topological polar surface area (TPSA) is 50.8 Å². The van der Waals surface area contributed by atoms with Crippen LogP contribution in [0, 0.1) is 6.92 Å². The minimum Gasteiger partial charge on any atom is -0.484 e.